The third-order valence-electron chi connectivity index (χ3n) is 1.45. The van der Waals surface area contributed by atoms with E-state index < -0.39 is 11.2 Å². The highest BCUT2D eigenvalue weighted by Crippen LogP contribution is 1.96. The van der Waals surface area contributed by atoms with Crippen LogP contribution in [0.3, 0.4) is 0 Å². The van der Waals surface area contributed by atoms with Gasteiger partial charge in [0.05, 0.1) is 23.3 Å². The number of hydrogen-bond donors (Lipinski definition) is 2. The molecule has 0 aliphatic rings. The SMILES string of the molecule is O=c1[nH]c(=O)c2cnncc2[nH]1. The molecular formula is C6H4N4O2. The Balaban J connectivity index is 3.09. The van der Waals surface area contributed by atoms with E-state index in [1.165, 1.54) is 12.4 Å². The molecule has 0 aromatic carbocycles. The van der Waals surface area contributed by atoms with Crippen LogP contribution in [0.15, 0.2) is 22.0 Å². The molecule has 6 heteroatoms. The van der Waals surface area contributed by atoms with E-state index in [2.05, 4.69) is 20.2 Å². The van der Waals surface area contributed by atoms with E-state index in [9.17, 15) is 9.59 Å². The van der Waals surface area contributed by atoms with Crippen molar-refractivity contribution < 1.29 is 0 Å². The molecule has 0 aliphatic carbocycles. The van der Waals surface area contributed by atoms with Crippen LogP contribution >= 0.6 is 0 Å². The molecule has 60 valence electrons. The zero-order valence-electron chi connectivity index (χ0n) is 5.87. The highest BCUT2D eigenvalue weighted by molar-refractivity contribution is 5.74. The lowest BCUT2D eigenvalue weighted by Gasteiger charge is -1.91. The molecule has 0 atom stereocenters. The number of fused-ring (bicyclic) bond motifs is 1. The molecule has 0 unspecified atom stereocenters. The van der Waals surface area contributed by atoms with Gasteiger partial charge in [-0.15, -0.1) is 0 Å². The number of nitrogens with one attached hydrogen (secondary N) is 2. The first-order valence-corrected chi connectivity index (χ1v) is 3.20. The van der Waals surface area contributed by atoms with E-state index in [0.717, 1.165) is 0 Å². The summed E-state index contributed by atoms with van der Waals surface area (Å²) in [6.07, 6.45) is 2.62. The molecule has 2 rings (SSSR count). The van der Waals surface area contributed by atoms with Crippen LogP contribution in [0.2, 0.25) is 0 Å². The van der Waals surface area contributed by atoms with E-state index >= 15 is 0 Å². The average molecular weight is 164 g/mol. The summed E-state index contributed by atoms with van der Waals surface area (Å²) in [4.78, 5) is 26.3. The molecule has 2 heterocycles. The first-order valence-electron chi connectivity index (χ1n) is 3.20. The van der Waals surface area contributed by atoms with Crippen molar-refractivity contribution in [1.29, 1.82) is 0 Å². The molecule has 0 spiro atoms. The Morgan fingerprint density at radius 3 is 2.67 bits per heavy atom. The highest BCUT2D eigenvalue weighted by atomic mass is 16.2. The Morgan fingerprint density at radius 1 is 1.08 bits per heavy atom. The third kappa shape index (κ3) is 0.895. The second-order valence-electron chi connectivity index (χ2n) is 2.22. The van der Waals surface area contributed by atoms with Crippen molar-refractivity contribution in [2.24, 2.45) is 0 Å². The Labute approximate surface area is 65.3 Å². The summed E-state index contributed by atoms with van der Waals surface area (Å²) in [6, 6.07) is 0. The van der Waals surface area contributed by atoms with Crippen LogP contribution in [0.1, 0.15) is 0 Å². The number of H-pyrrole nitrogens is 2. The summed E-state index contributed by atoms with van der Waals surface area (Å²) in [5.74, 6) is 0. The lowest BCUT2D eigenvalue weighted by Crippen LogP contribution is -2.21. The number of aromatic nitrogens is 4. The van der Waals surface area contributed by atoms with Gasteiger partial charge in [0, 0.05) is 0 Å². The molecule has 0 aliphatic heterocycles. The summed E-state index contributed by atoms with van der Waals surface area (Å²) in [5, 5.41) is 7.36. The molecule has 0 saturated carbocycles. The highest BCUT2D eigenvalue weighted by Gasteiger charge is 1.98. The second-order valence-corrected chi connectivity index (χ2v) is 2.22. The molecule has 12 heavy (non-hydrogen) atoms. The number of rotatable bonds is 0. The Bertz CT molecular complexity index is 527. The zero-order chi connectivity index (χ0) is 8.55. The minimum atomic E-state index is -0.541. The van der Waals surface area contributed by atoms with E-state index in [1.54, 1.807) is 0 Å². The molecule has 0 bridgehead atoms. The molecule has 0 radical (unpaired) electrons. The van der Waals surface area contributed by atoms with Crippen LogP contribution in [0.5, 0.6) is 0 Å². The summed E-state index contributed by atoms with van der Waals surface area (Å²) in [5.41, 5.74) is -0.608. The van der Waals surface area contributed by atoms with E-state index in [4.69, 9.17) is 0 Å². The van der Waals surface area contributed by atoms with E-state index in [1.807, 2.05) is 0 Å². The van der Waals surface area contributed by atoms with Gasteiger partial charge in [-0.05, 0) is 0 Å². The first kappa shape index (κ1) is 6.71. The molecule has 0 fully saturated rings. The largest absolute Gasteiger partial charge is 0.326 e. The van der Waals surface area contributed by atoms with Crippen molar-refractivity contribution in [3.05, 3.63) is 33.2 Å². The topological polar surface area (TPSA) is 91.5 Å². The summed E-state index contributed by atoms with van der Waals surface area (Å²) < 4.78 is 0. The molecule has 2 aromatic heterocycles. The predicted octanol–water partition coefficient (Wildman–Crippen LogP) is -0.994. The lowest BCUT2D eigenvalue weighted by molar-refractivity contribution is 1.01. The molecule has 2 N–H and O–H groups in total. The van der Waals surface area contributed by atoms with Crippen molar-refractivity contribution in [2.45, 2.75) is 0 Å². The average Bonchev–Trinajstić information content (AvgIpc) is 2.04. The maximum atomic E-state index is 11.1. The fraction of sp³-hybridized carbons (Fsp3) is 0. The summed E-state index contributed by atoms with van der Waals surface area (Å²) in [7, 11) is 0. The Morgan fingerprint density at radius 2 is 1.83 bits per heavy atom. The Hall–Kier alpha value is -1.98. The fourth-order valence-corrected chi connectivity index (χ4v) is 0.926. The first-order chi connectivity index (χ1) is 5.77. The third-order valence-corrected chi connectivity index (χ3v) is 1.45. The van der Waals surface area contributed by atoms with Crippen LogP contribution in [0, 0.1) is 0 Å². The molecule has 2 aromatic rings. The van der Waals surface area contributed by atoms with Crippen molar-refractivity contribution in [2.75, 3.05) is 0 Å². The number of hydrogen-bond acceptors (Lipinski definition) is 4. The quantitative estimate of drug-likeness (QED) is 0.522. The molecular weight excluding hydrogens is 160 g/mol. The van der Waals surface area contributed by atoms with Gasteiger partial charge in [0.2, 0.25) is 0 Å². The van der Waals surface area contributed by atoms with E-state index in [0.29, 0.717) is 10.9 Å². The molecule has 0 saturated heterocycles. The van der Waals surface area contributed by atoms with Crippen LogP contribution in [-0.2, 0) is 0 Å². The van der Waals surface area contributed by atoms with Gasteiger partial charge in [-0.25, -0.2) is 4.79 Å². The predicted molar refractivity (Wildman–Crippen MR) is 40.8 cm³/mol. The lowest BCUT2D eigenvalue weighted by atomic mass is 10.4. The van der Waals surface area contributed by atoms with Gasteiger partial charge in [-0.2, -0.15) is 10.2 Å². The summed E-state index contributed by atoms with van der Waals surface area (Å²) in [6.45, 7) is 0. The molecule has 6 nitrogen and oxygen atoms in total. The number of nitrogens with zero attached hydrogens (tertiary/aromatic N) is 2. The fourth-order valence-electron chi connectivity index (χ4n) is 0.926. The number of aromatic amines is 2. The maximum Gasteiger partial charge on any atom is 0.326 e. The van der Waals surface area contributed by atoms with Gasteiger partial charge in [0.15, 0.2) is 0 Å². The zero-order valence-corrected chi connectivity index (χ0v) is 5.87. The van der Waals surface area contributed by atoms with Gasteiger partial charge < -0.3 is 4.98 Å². The van der Waals surface area contributed by atoms with Crippen molar-refractivity contribution in [3.63, 3.8) is 0 Å². The minimum absolute atomic E-state index is 0.324. The van der Waals surface area contributed by atoms with Gasteiger partial charge >= 0.3 is 5.69 Å². The monoisotopic (exact) mass is 164 g/mol. The van der Waals surface area contributed by atoms with Crippen LogP contribution < -0.4 is 11.2 Å². The smallest absolute Gasteiger partial charge is 0.305 e. The van der Waals surface area contributed by atoms with Gasteiger partial charge in [-0.1, -0.05) is 0 Å². The standard InChI is InChI=1S/C6H4N4O2/c11-5-3-1-7-8-2-4(3)9-6(12)10-5/h1-2H,(H2,9,10,11,12). The van der Waals surface area contributed by atoms with E-state index in [-0.39, 0.29) is 0 Å². The van der Waals surface area contributed by atoms with Gasteiger partial charge in [-0.3, -0.25) is 9.78 Å². The normalized spacial score (nSPS) is 10.3. The van der Waals surface area contributed by atoms with Crippen LogP contribution in [0.4, 0.5) is 0 Å². The maximum absolute atomic E-state index is 11.1. The van der Waals surface area contributed by atoms with Crippen molar-refractivity contribution in [1.82, 2.24) is 20.2 Å². The van der Waals surface area contributed by atoms with Gasteiger partial charge in [0.25, 0.3) is 5.56 Å². The van der Waals surface area contributed by atoms with Crippen molar-refractivity contribution >= 4 is 10.9 Å². The van der Waals surface area contributed by atoms with Crippen LogP contribution in [-0.4, -0.2) is 20.2 Å². The van der Waals surface area contributed by atoms with Crippen molar-refractivity contribution in [3.8, 4) is 0 Å². The molecule has 0 amide bonds. The van der Waals surface area contributed by atoms with Gasteiger partial charge in [0.1, 0.15) is 0 Å². The van der Waals surface area contributed by atoms with Crippen LogP contribution in [0.25, 0.3) is 10.9 Å². The minimum Gasteiger partial charge on any atom is -0.305 e. The second kappa shape index (κ2) is 2.26. The summed E-state index contributed by atoms with van der Waals surface area (Å²) >= 11 is 0. The Kier molecular flexibility index (Phi) is 1.26.